The monoisotopic (exact) mass is 363 g/mol. The van der Waals surface area contributed by atoms with Crippen molar-refractivity contribution in [2.75, 3.05) is 23.3 Å². The van der Waals surface area contributed by atoms with E-state index in [0.717, 1.165) is 37.3 Å². The average molecular weight is 363 g/mol. The lowest BCUT2D eigenvalue weighted by Crippen LogP contribution is -2.19. The Hall–Kier alpha value is -2.91. The van der Waals surface area contributed by atoms with E-state index < -0.39 is 12.0 Å². The minimum atomic E-state index is -4.61. The molecule has 1 aliphatic heterocycles. The number of hydrogen-bond donors (Lipinski definition) is 1. The number of nitrogens with zero attached hydrogens (tertiary/aromatic N) is 6. The Morgan fingerprint density at radius 3 is 2.65 bits per heavy atom. The molecule has 0 spiro atoms. The van der Waals surface area contributed by atoms with Crippen LogP contribution < -0.4 is 10.2 Å². The summed E-state index contributed by atoms with van der Waals surface area (Å²) in [5.41, 5.74) is 1.02. The quantitative estimate of drug-likeness (QED) is 0.769. The average Bonchev–Trinajstić information content (AvgIpc) is 3.29. The van der Waals surface area contributed by atoms with Crippen molar-refractivity contribution >= 4 is 17.3 Å². The van der Waals surface area contributed by atoms with Crippen LogP contribution in [0.15, 0.2) is 30.5 Å². The van der Waals surface area contributed by atoms with Gasteiger partial charge in [-0.1, -0.05) is 0 Å². The summed E-state index contributed by atoms with van der Waals surface area (Å²) in [6, 6.07) is 6.87. The normalized spacial score (nSPS) is 15.0. The lowest BCUT2D eigenvalue weighted by molar-refractivity contribution is -0.146. The minimum absolute atomic E-state index is 0.0445. The van der Waals surface area contributed by atoms with Crippen molar-refractivity contribution in [3.63, 3.8) is 0 Å². The highest BCUT2D eigenvalue weighted by atomic mass is 19.4. The lowest BCUT2D eigenvalue weighted by atomic mass is 10.2. The van der Waals surface area contributed by atoms with E-state index in [-0.39, 0.29) is 5.65 Å². The van der Waals surface area contributed by atoms with Crippen LogP contribution in [0.4, 0.5) is 24.8 Å². The van der Waals surface area contributed by atoms with E-state index >= 15 is 0 Å². The zero-order valence-electron chi connectivity index (χ0n) is 13.7. The smallest absolute Gasteiger partial charge is 0.365 e. The molecule has 0 atom stereocenters. The molecule has 0 radical (unpaired) electrons. The molecule has 4 heterocycles. The predicted molar refractivity (Wildman–Crippen MR) is 88.8 cm³/mol. The van der Waals surface area contributed by atoms with E-state index in [4.69, 9.17) is 0 Å². The number of nitrogens with one attached hydrogen (secondary N) is 1. The van der Waals surface area contributed by atoms with Gasteiger partial charge in [0.15, 0.2) is 5.65 Å². The van der Waals surface area contributed by atoms with Crippen molar-refractivity contribution in [1.29, 1.82) is 0 Å². The van der Waals surface area contributed by atoms with Gasteiger partial charge in [0.2, 0.25) is 0 Å². The first-order valence-electron chi connectivity index (χ1n) is 8.24. The Labute approximate surface area is 146 Å². The van der Waals surface area contributed by atoms with Crippen molar-refractivity contribution in [3.05, 3.63) is 41.9 Å². The maximum absolute atomic E-state index is 12.9. The molecule has 1 fully saturated rings. The molecule has 7 nitrogen and oxygen atoms in total. The summed E-state index contributed by atoms with van der Waals surface area (Å²) in [5.74, 6) is 0.0853. The number of hydrogen-bond acceptors (Lipinski definition) is 6. The van der Waals surface area contributed by atoms with E-state index in [1.165, 1.54) is 6.07 Å². The standard InChI is InChI=1S/C16H16F3N7/c17-16(18,19)15-23-22-13-4-3-12(24-26(13)15)21-10-11-5-6-20-14(9-11)25-7-1-2-8-25/h3-6,9H,1-2,7-8,10H2,(H,21,24). The van der Waals surface area contributed by atoms with Gasteiger partial charge in [-0.25, -0.2) is 4.98 Å². The summed E-state index contributed by atoms with van der Waals surface area (Å²) in [7, 11) is 0. The Morgan fingerprint density at radius 2 is 1.88 bits per heavy atom. The maximum atomic E-state index is 12.9. The van der Waals surface area contributed by atoms with Crippen LogP contribution in [0.25, 0.3) is 5.65 Å². The number of fused-ring (bicyclic) bond motifs is 1. The van der Waals surface area contributed by atoms with Crippen molar-refractivity contribution in [2.45, 2.75) is 25.6 Å². The molecule has 0 bridgehead atoms. The fraction of sp³-hybridized carbons (Fsp3) is 0.375. The van der Waals surface area contributed by atoms with E-state index in [9.17, 15) is 13.2 Å². The molecule has 10 heteroatoms. The van der Waals surface area contributed by atoms with Gasteiger partial charge in [-0.3, -0.25) is 0 Å². The second-order valence-electron chi connectivity index (χ2n) is 6.08. The van der Waals surface area contributed by atoms with Crippen LogP contribution in [0.3, 0.4) is 0 Å². The van der Waals surface area contributed by atoms with Gasteiger partial charge in [-0.15, -0.1) is 15.3 Å². The Morgan fingerprint density at radius 1 is 1.08 bits per heavy atom. The highest BCUT2D eigenvalue weighted by Crippen LogP contribution is 2.27. The SMILES string of the molecule is FC(F)(F)c1nnc2ccc(NCc3ccnc(N4CCCC4)c3)nn12. The van der Waals surface area contributed by atoms with E-state index in [1.807, 2.05) is 12.1 Å². The fourth-order valence-electron chi connectivity index (χ4n) is 2.94. The molecule has 0 aliphatic carbocycles. The number of aromatic nitrogens is 5. The van der Waals surface area contributed by atoms with Crippen LogP contribution in [-0.4, -0.2) is 37.9 Å². The summed E-state index contributed by atoms with van der Waals surface area (Å²) >= 11 is 0. The van der Waals surface area contributed by atoms with Gasteiger partial charge in [0, 0.05) is 25.8 Å². The largest absolute Gasteiger partial charge is 0.453 e. The van der Waals surface area contributed by atoms with Gasteiger partial charge in [-0.2, -0.15) is 17.7 Å². The molecule has 4 rings (SSSR count). The lowest BCUT2D eigenvalue weighted by Gasteiger charge is -2.17. The number of alkyl halides is 3. The first-order chi connectivity index (χ1) is 12.5. The fourth-order valence-corrected chi connectivity index (χ4v) is 2.94. The van der Waals surface area contributed by atoms with Crippen LogP contribution in [0.1, 0.15) is 24.2 Å². The molecule has 136 valence electrons. The van der Waals surface area contributed by atoms with Crippen LogP contribution in [0, 0.1) is 0 Å². The minimum Gasteiger partial charge on any atom is -0.365 e. The Kier molecular flexibility index (Phi) is 4.09. The molecule has 3 aromatic rings. The second kappa shape index (κ2) is 6.43. The predicted octanol–water partition coefficient (Wildman–Crippen LogP) is 2.75. The molecule has 0 aromatic carbocycles. The van der Waals surface area contributed by atoms with Crippen molar-refractivity contribution in [1.82, 2.24) is 24.8 Å². The zero-order chi connectivity index (χ0) is 18.1. The van der Waals surface area contributed by atoms with Crippen LogP contribution in [0.5, 0.6) is 0 Å². The number of rotatable bonds is 4. The topological polar surface area (TPSA) is 71.2 Å². The van der Waals surface area contributed by atoms with Crippen molar-refractivity contribution in [3.8, 4) is 0 Å². The third kappa shape index (κ3) is 3.26. The van der Waals surface area contributed by atoms with Crippen LogP contribution in [-0.2, 0) is 12.7 Å². The number of pyridine rings is 1. The van der Waals surface area contributed by atoms with Gasteiger partial charge in [0.05, 0.1) is 0 Å². The molecule has 0 amide bonds. The molecule has 26 heavy (non-hydrogen) atoms. The zero-order valence-corrected chi connectivity index (χ0v) is 13.7. The first kappa shape index (κ1) is 16.6. The highest BCUT2D eigenvalue weighted by molar-refractivity contribution is 5.46. The van der Waals surface area contributed by atoms with E-state index in [2.05, 4.69) is 30.5 Å². The van der Waals surface area contributed by atoms with Gasteiger partial charge in [0.25, 0.3) is 5.82 Å². The number of anilines is 2. The van der Waals surface area contributed by atoms with Crippen LogP contribution >= 0.6 is 0 Å². The first-order valence-corrected chi connectivity index (χ1v) is 8.24. The van der Waals surface area contributed by atoms with Gasteiger partial charge >= 0.3 is 6.18 Å². The summed E-state index contributed by atoms with van der Waals surface area (Å²) in [6.07, 6.45) is -0.549. The summed E-state index contributed by atoms with van der Waals surface area (Å²) in [4.78, 5) is 6.61. The summed E-state index contributed by atoms with van der Waals surface area (Å²) in [6.45, 7) is 2.41. The molecular formula is C16H16F3N7. The molecule has 1 aliphatic rings. The molecule has 1 saturated heterocycles. The van der Waals surface area contributed by atoms with Gasteiger partial charge < -0.3 is 10.2 Å². The highest BCUT2D eigenvalue weighted by Gasteiger charge is 2.37. The van der Waals surface area contributed by atoms with Gasteiger partial charge in [-0.05, 0) is 42.7 Å². The molecular weight excluding hydrogens is 347 g/mol. The summed E-state index contributed by atoms with van der Waals surface area (Å²) < 4.78 is 39.5. The molecule has 0 saturated carbocycles. The third-order valence-electron chi connectivity index (χ3n) is 4.23. The maximum Gasteiger partial charge on any atom is 0.453 e. The molecule has 1 N–H and O–H groups in total. The van der Waals surface area contributed by atoms with Gasteiger partial charge in [0.1, 0.15) is 11.6 Å². The molecule has 0 unspecified atom stereocenters. The van der Waals surface area contributed by atoms with Crippen molar-refractivity contribution < 1.29 is 13.2 Å². The Balaban J connectivity index is 1.52. The van der Waals surface area contributed by atoms with E-state index in [0.29, 0.717) is 16.9 Å². The molecule has 3 aromatic heterocycles. The van der Waals surface area contributed by atoms with Crippen molar-refractivity contribution in [2.24, 2.45) is 0 Å². The summed E-state index contributed by atoms with van der Waals surface area (Å²) in [5, 5.41) is 13.6. The third-order valence-corrected chi connectivity index (χ3v) is 4.23. The Bertz CT molecular complexity index is 916. The number of halogens is 3. The van der Waals surface area contributed by atoms with Crippen LogP contribution in [0.2, 0.25) is 0 Å². The van der Waals surface area contributed by atoms with E-state index in [1.54, 1.807) is 12.3 Å². The second-order valence-corrected chi connectivity index (χ2v) is 6.08.